The number of aliphatic hydroxyl groups excluding tert-OH is 1. The molecular formula is C10H22N2O3S. The summed E-state index contributed by atoms with van der Waals surface area (Å²) < 4.78 is 24.9. The molecule has 0 unspecified atom stereocenters. The Kier molecular flexibility index (Phi) is 4.73. The average molecular weight is 250 g/mol. The average Bonchev–Trinajstić information content (AvgIpc) is 2.40. The van der Waals surface area contributed by atoms with E-state index in [9.17, 15) is 13.5 Å². The van der Waals surface area contributed by atoms with E-state index in [4.69, 9.17) is 0 Å². The monoisotopic (exact) mass is 250 g/mol. The largest absolute Gasteiger partial charge is 0.391 e. The number of nitrogens with zero attached hydrogens (tertiary/aromatic N) is 2. The zero-order chi connectivity index (χ0) is 12.3. The van der Waals surface area contributed by atoms with Gasteiger partial charge in [0.2, 0.25) is 10.0 Å². The molecule has 1 fully saturated rings. The van der Waals surface area contributed by atoms with Crippen molar-refractivity contribution in [2.75, 3.05) is 32.9 Å². The molecule has 0 radical (unpaired) electrons. The summed E-state index contributed by atoms with van der Waals surface area (Å²) in [5.74, 6) is 0.135. The van der Waals surface area contributed by atoms with Crippen LogP contribution >= 0.6 is 0 Å². The van der Waals surface area contributed by atoms with Crippen molar-refractivity contribution in [1.29, 1.82) is 0 Å². The second kappa shape index (κ2) is 5.44. The quantitative estimate of drug-likeness (QED) is 0.748. The first-order valence-corrected chi connectivity index (χ1v) is 7.31. The van der Waals surface area contributed by atoms with Crippen LogP contribution in [-0.2, 0) is 10.0 Å². The molecule has 0 aromatic carbocycles. The maximum Gasteiger partial charge on any atom is 0.213 e. The van der Waals surface area contributed by atoms with Gasteiger partial charge in [-0.1, -0.05) is 0 Å². The molecule has 0 spiro atoms. The van der Waals surface area contributed by atoms with Crippen molar-refractivity contribution < 1.29 is 13.5 Å². The zero-order valence-electron chi connectivity index (χ0n) is 10.3. The van der Waals surface area contributed by atoms with Gasteiger partial charge in [-0.15, -0.1) is 0 Å². The maximum absolute atomic E-state index is 11.7. The number of sulfonamides is 1. The molecule has 0 amide bonds. The lowest BCUT2D eigenvalue weighted by Crippen LogP contribution is -2.38. The summed E-state index contributed by atoms with van der Waals surface area (Å²) in [5.41, 5.74) is 0. The molecule has 0 bridgehead atoms. The second-order valence-electron chi connectivity index (χ2n) is 4.48. The molecule has 1 heterocycles. The molecular weight excluding hydrogens is 228 g/mol. The summed E-state index contributed by atoms with van der Waals surface area (Å²) in [6, 6.07) is 0.0528. The van der Waals surface area contributed by atoms with E-state index in [1.165, 1.54) is 4.31 Å². The van der Waals surface area contributed by atoms with Gasteiger partial charge in [-0.05, 0) is 33.9 Å². The lowest BCUT2D eigenvalue weighted by molar-refractivity contribution is 0.0739. The van der Waals surface area contributed by atoms with Gasteiger partial charge >= 0.3 is 0 Å². The highest BCUT2D eigenvalue weighted by Crippen LogP contribution is 2.17. The minimum absolute atomic E-state index is 0.0528. The molecule has 5 nitrogen and oxygen atoms in total. The minimum atomic E-state index is -3.11. The van der Waals surface area contributed by atoms with Crippen LogP contribution in [0.1, 0.15) is 19.8 Å². The molecule has 1 aliphatic rings. The molecule has 1 rings (SSSR count). The van der Waals surface area contributed by atoms with Gasteiger partial charge in [0.15, 0.2) is 0 Å². The molecule has 0 aromatic heterocycles. The summed E-state index contributed by atoms with van der Waals surface area (Å²) in [4.78, 5) is 1.97. The van der Waals surface area contributed by atoms with E-state index in [0.717, 1.165) is 0 Å². The molecule has 1 saturated heterocycles. The van der Waals surface area contributed by atoms with Gasteiger partial charge in [0, 0.05) is 19.1 Å². The first-order valence-electron chi connectivity index (χ1n) is 5.70. The fourth-order valence-corrected chi connectivity index (χ4v) is 3.24. The third-order valence-electron chi connectivity index (χ3n) is 3.21. The second-order valence-corrected chi connectivity index (χ2v) is 6.73. The van der Waals surface area contributed by atoms with E-state index in [0.29, 0.717) is 25.9 Å². The standard InChI is InChI=1S/C10H22N2O3S/c1-4-16(14,15)12-7-5-9(11(2)3)10(13)6-8-12/h9-10,13H,4-8H2,1-3H3/t9-,10-/m0/s1. The number of rotatable bonds is 3. The summed E-state index contributed by atoms with van der Waals surface area (Å²) in [6.07, 6.45) is 0.766. The first-order chi connectivity index (χ1) is 7.38. The number of hydrogen-bond donors (Lipinski definition) is 1. The van der Waals surface area contributed by atoms with E-state index in [1.54, 1.807) is 6.92 Å². The van der Waals surface area contributed by atoms with Gasteiger partial charge in [0.05, 0.1) is 11.9 Å². The first kappa shape index (κ1) is 13.9. The van der Waals surface area contributed by atoms with Crippen LogP contribution < -0.4 is 0 Å². The van der Waals surface area contributed by atoms with Crippen LogP contribution in [0.2, 0.25) is 0 Å². The molecule has 0 aliphatic carbocycles. The van der Waals surface area contributed by atoms with E-state index in [1.807, 2.05) is 19.0 Å². The predicted molar refractivity (Wildman–Crippen MR) is 63.7 cm³/mol. The summed E-state index contributed by atoms with van der Waals surface area (Å²) >= 11 is 0. The number of hydrogen-bond acceptors (Lipinski definition) is 4. The van der Waals surface area contributed by atoms with Crippen LogP contribution in [0.3, 0.4) is 0 Å². The van der Waals surface area contributed by atoms with E-state index >= 15 is 0 Å². The van der Waals surface area contributed by atoms with Crippen molar-refractivity contribution in [2.45, 2.75) is 31.9 Å². The van der Waals surface area contributed by atoms with Gasteiger partial charge < -0.3 is 10.0 Å². The minimum Gasteiger partial charge on any atom is -0.391 e. The van der Waals surface area contributed by atoms with Crippen molar-refractivity contribution in [3.05, 3.63) is 0 Å². The van der Waals surface area contributed by atoms with Gasteiger partial charge in [-0.3, -0.25) is 0 Å². The topological polar surface area (TPSA) is 60.9 Å². The molecule has 2 atom stereocenters. The van der Waals surface area contributed by atoms with E-state index in [2.05, 4.69) is 0 Å². The Labute approximate surface area is 98.1 Å². The van der Waals surface area contributed by atoms with Crippen molar-refractivity contribution in [2.24, 2.45) is 0 Å². The fourth-order valence-electron chi connectivity index (χ4n) is 2.11. The normalized spacial score (nSPS) is 29.3. The highest BCUT2D eigenvalue weighted by molar-refractivity contribution is 7.89. The van der Waals surface area contributed by atoms with Crippen LogP contribution in [0.5, 0.6) is 0 Å². The van der Waals surface area contributed by atoms with E-state index in [-0.39, 0.29) is 11.8 Å². The number of aliphatic hydroxyl groups is 1. The Morgan fingerprint density at radius 1 is 1.31 bits per heavy atom. The smallest absolute Gasteiger partial charge is 0.213 e. The van der Waals surface area contributed by atoms with Crippen molar-refractivity contribution in [3.8, 4) is 0 Å². The highest BCUT2D eigenvalue weighted by atomic mass is 32.2. The third-order valence-corrected chi connectivity index (χ3v) is 5.10. The Hall–Kier alpha value is -0.170. The maximum atomic E-state index is 11.7. The Balaban J connectivity index is 2.72. The molecule has 16 heavy (non-hydrogen) atoms. The summed E-state index contributed by atoms with van der Waals surface area (Å²) in [5, 5.41) is 9.91. The van der Waals surface area contributed by atoms with Crippen molar-refractivity contribution in [1.82, 2.24) is 9.21 Å². The molecule has 0 saturated carbocycles. The molecule has 0 aromatic rings. The molecule has 96 valence electrons. The SMILES string of the molecule is CCS(=O)(=O)N1CC[C@H](O)[C@@H](N(C)C)CC1. The van der Waals surface area contributed by atoms with Crippen LogP contribution in [0, 0.1) is 0 Å². The van der Waals surface area contributed by atoms with Crippen molar-refractivity contribution >= 4 is 10.0 Å². The van der Waals surface area contributed by atoms with E-state index < -0.39 is 16.1 Å². The van der Waals surface area contributed by atoms with Gasteiger partial charge in [-0.2, -0.15) is 0 Å². The predicted octanol–water partition coefficient (Wildman–Crippen LogP) is -0.277. The third kappa shape index (κ3) is 3.16. The van der Waals surface area contributed by atoms with Gasteiger partial charge in [0.25, 0.3) is 0 Å². The summed E-state index contributed by atoms with van der Waals surface area (Å²) in [7, 11) is 0.716. The van der Waals surface area contributed by atoms with Crippen molar-refractivity contribution in [3.63, 3.8) is 0 Å². The Bertz CT molecular complexity index is 316. The number of likely N-dealkylation sites (N-methyl/N-ethyl adjacent to an activating group) is 1. The zero-order valence-corrected chi connectivity index (χ0v) is 11.1. The lowest BCUT2D eigenvalue weighted by Gasteiger charge is -2.26. The molecule has 1 N–H and O–H groups in total. The van der Waals surface area contributed by atoms with Gasteiger partial charge in [-0.25, -0.2) is 12.7 Å². The van der Waals surface area contributed by atoms with Crippen LogP contribution in [-0.4, -0.2) is 67.8 Å². The van der Waals surface area contributed by atoms with Gasteiger partial charge in [0.1, 0.15) is 0 Å². The van der Waals surface area contributed by atoms with Crippen LogP contribution in [0.4, 0.5) is 0 Å². The molecule has 6 heteroatoms. The van der Waals surface area contributed by atoms with Crippen LogP contribution in [0.15, 0.2) is 0 Å². The Morgan fingerprint density at radius 3 is 2.38 bits per heavy atom. The molecule has 1 aliphatic heterocycles. The summed E-state index contributed by atoms with van der Waals surface area (Å²) in [6.45, 7) is 2.60. The Morgan fingerprint density at radius 2 is 1.88 bits per heavy atom. The lowest BCUT2D eigenvalue weighted by atomic mass is 10.1. The fraction of sp³-hybridized carbons (Fsp3) is 1.00. The highest BCUT2D eigenvalue weighted by Gasteiger charge is 2.30. The van der Waals surface area contributed by atoms with Crippen LogP contribution in [0.25, 0.3) is 0 Å².